The highest BCUT2D eigenvalue weighted by Crippen LogP contribution is 2.20. The van der Waals surface area contributed by atoms with Gasteiger partial charge >= 0.3 is 5.97 Å². The molecule has 0 radical (unpaired) electrons. The van der Waals surface area contributed by atoms with Crippen LogP contribution in [0.3, 0.4) is 0 Å². The van der Waals surface area contributed by atoms with E-state index in [0.717, 1.165) is 5.69 Å². The first kappa shape index (κ1) is 25.0. The fraction of sp³-hybridized carbons (Fsp3) is 0.385. The molecule has 1 aliphatic rings. The summed E-state index contributed by atoms with van der Waals surface area (Å²) in [7, 11) is 0. The number of carbonyl (C=O) groups excluding carboxylic acids is 4. The molecule has 1 heterocycles. The zero-order valence-corrected chi connectivity index (χ0v) is 19.5. The average Bonchev–Trinajstić information content (AvgIpc) is 2.86. The number of benzene rings is 2. The largest absolute Gasteiger partial charge is 0.454 e. The van der Waals surface area contributed by atoms with Gasteiger partial charge in [-0.3, -0.25) is 14.4 Å². The summed E-state index contributed by atoms with van der Waals surface area (Å²) in [5.41, 5.74) is 1.19. The third-order valence-electron chi connectivity index (χ3n) is 5.84. The summed E-state index contributed by atoms with van der Waals surface area (Å²) in [5.74, 6) is -1.78. The molecular weight excluding hydrogens is 434 g/mol. The van der Waals surface area contributed by atoms with Gasteiger partial charge in [0.05, 0.1) is 0 Å². The van der Waals surface area contributed by atoms with Gasteiger partial charge in [0.2, 0.25) is 5.91 Å². The third kappa shape index (κ3) is 6.91. The molecule has 3 rings (SSSR count). The maximum Gasteiger partial charge on any atom is 0.329 e. The van der Waals surface area contributed by atoms with Crippen LogP contribution in [0.15, 0.2) is 60.7 Å². The lowest BCUT2D eigenvalue weighted by Gasteiger charge is -2.31. The maximum absolute atomic E-state index is 12.6. The number of nitrogens with zero attached hydrogens (tertiary/aromatic N) is 1. The Bertz CT molecular complexity index is 986. The van der Waals surface area contributed by atoms with Gasteiger partial charge in [0.15, 0.2) is 6.61 Å². The summed E-state index contributed by atoms with van der Waals surface area (Å²) in [4.78, 5) is 51.7. The number of likely N-dealkylation sites (tertiary alicyclic amines) is 1. The Balaban J connectivity index is 1.44. The van der Waals surface area contributed by atoms with Crippen molar-refractivity contribution in [3.05, 3.63) is 66.2 Å². The van der Waals surface area contributed by atoms with Crippen molar-refractivity contribution in [3.63, 3.8) is 0 Å². The first-order valence-electron chi connectivity index (χ1n) is 11.5. The van der Waals surface area contributed by atoms with Crippen LogP contribution in [0.5, 0.6) is 0 Å². The number of anilines is 1. The van der Waals surface area contributed by atoms with Crippen molar-refractivity contribution in [2.24, 2.45) is 11.8 Å². The Morgan fingerprint density at radius 1 is 0.941 bits per heavy atom. The summed E-state index contributed by atoms with van der Waals surface area (Å²) in [6.07, 6.45) is 1.08. The number of amides is 3. The van der Waals surface area contributed by atoms with E-state index >= 15 is 0 Å². The Hall–Kier alpha value is -3.68. The van der Waals surface area contributed by atoms with E-state index in [-0.39, 0.29) is 29.6 Å². The quantitative estimate of drug-likeness (QED) is 0.584. The molecule has 0 unspecified atom stereocenters. The SMILES string of the molecule is CC(C)[C@H](NC(=O)c1ccccc1)C(=O)OCC(=O)N1CCC(C(=O)Nc2ccccc2)CC1. The monoisotopic (exact) mass is 465 g/mol. The van der Waals surface area contributed by atoms with Gasteiger partial charge in [-0.05, 0) is 43.0 Å². The summed E-state index contributed by atoms with van der Waals surface area (Å²) in [6, 6.07) is 17.0. The summed E-state index contributed by atoms with van der Waals surface area (Å²) in [6.45, 7) is 4.03. The van der Waals surface area contributed by atoms with Crippen molar-refractivity contribution in [3.8, 4) is 0 Å². The van der Waals surface area contributed by atoms with Gasteiger partial charge in [-0.2, -0.15) is 0 Å². The van der Waals surface area contributed by atoms with Crippen molar-refractivity contribution >= 4 is 29.4 Å². The van der Waals surface area contributed by atoms with Gasteiger partial charge in [0, 0.05) is 30.3 Å². The van der Waals surface area contributed by atoms with Crippen LogP contribution in [0, 0.1) is 11.8 Å². The number of piperidine rings is 1. The topological polar surface area (TPSA) is 105 Å². The standard InChI is InChI=1S/C26H31N3O5/c1-18(2)23(28-25(32)19-9-5-3-6-10-19)26(33)34-17-22(30)29-15-13-20(14-16-29)24(31)27-21-11-7-4-8-12-21/h3-12,18,20,23H,13-17H2,1-2H3,(H,27,31)(H,28,32)/t23-/m0/s1. The van der Waals surface area contributed by atoms with Crippen molar-refractivity contribution in [2.75, 3.05) is 25.0 Å². The van der Waals surface area contributed by atoms with Crippen LogP contribution in [-0.4, -0.2) is 54.3 Å². The summed E-state index contributed by atoms with van der Waals surface area (Å²) >= 11 is 0. The van der Waals surface area contributed by atoms with Crippen LogP contribution in [0.1, 0.15) is 37.0 Å². The molecule has 2 N–H and O–H groups in total. The Labute approximate surface area is 199 Å². The molecule has 34 heavy (non-hydrogen) atoms. The highest BCUT2D eigenvalue weighted by Gasteiger charge is 2.30. The number of rotatable bonds is 8. The number of para-hydroxylation sites is 1. The van der Waals surface area contributed by atoms with Crippen molar-refractivity contribution < 1.29 is 23.9 Å². The van der Waals surface area contributed by atoms with Crippen LogP contribution >= 0.6 is 0 Å². The molecule has 180 valence electrons. The minimum atomic E-state index is -0.868. The normalized spacial score (nSPS) is 14.9. The van der Waals surface area contributed by atoms with Crippen LogP contribution in [0.2, 0.25) is 0 Å². The number of esters is 1. The number of carbonyl (C=O) groups is 4. The van der Waals surface area contributed by atoms with Crippen LogP contribution in [0.25, 0.3) is 0 Å². The molecule has 8 heteroatoms. The van der Waals surface area contributed by atoms with Crippen LogP contribution < -0.4 is 10.6 Å². The van der Waals surface area contributed by atoms with Crippen LogP contribution in [-0.2, 0) is 19.1 Å². The Morgan fingerprint density at radius 2 is 1.53 bits per heavy atom. The van der Waals surface area contributed by atoms with Gasteiger partial charge in [-0.15, -0.1) is 0 Å². The third-order valence-corrected chi connectivity index (χ3v) is 5.84. The molecule has 2 aromatic rings. The zero-order chi connectivity index (χ0) is 24.5. The highest BCUT2D eigenvalue weighted by molar-refractivity contribution is 5.97. The van der Waals surface area contributed by atoms with Crippen molar-refractivity contribution in [1.29, 1.82) is 0 Å². The van der Waals surface area contributed by atoms with Crippen molar-refractivity contribution in [2.45, 2.75) is 32.7 Å². The lowest BCUT2D eigenvalue weighted by atomic mass is 9.95. The molecular formula is C26H31N3O5. The second-order valence-corrected chi connectivity index (χ2v) is 8.68. The molecule has 3 amide bonds. The predicted octanol–water partition coefficient (Wildman–Crippen LogP) is 2.86. The summed E-state index contributed by atoms with van der Waals surface area (Å²) < 4.78 is 5.25. The molecule has 1 atom stereocenters. The van der Waals surface area contributed by atoms with E-state index in [0.29, 0.717) is 31.5 Å². The van der Waals surface area contributed by atoms with Gasteiger partial charge in [0.25, 0.3) is 11.8 Å². The van der Waals surface area contributed by atoms with E-state index in [9.17, 15) is 19.2 Å². The Morgan fingerprint density at radius 3 is 2.12 bits per heavy atom. The van der Waals surface area contributed by atoms with E-state index < -0.39 is 18.6 Å². The lowest BCUT2D eigenvalue weighted by molar-refractivity contribution is -0.155. The summed E-state index contributed by atoms with van der Waals surface area (Å²) in [5, 5.41) is 5.59. The van der Waals surface area contributed by atoms with E-state index in [4.69, 9.17) is 4.74 Å². The molecule has 8 nitrogen and oxygen atoms in total. The van der Waals surface area contributed by atoms with Gasteiger partial charge in [0.1, 0.15) is 6.04 Å². The minimum Gasteiger partial charge on any atom is -0.454 e. The molecule has 1 aliphatic heterocycles. The van der Waals surface area contributed by atoms with E-state index in [1.807, 2.05) is 30.3 Å². The van der Waals surface area contributed by atoms with Gasteiger partial charge in [-0.25, -0.2) is 4.79 Å². The van der Waals surface area contributed by atoms with Gasteiger partial charge in [-0.1, -0.05) is 50.2 Å². The smallest absolute Gasteiger partial charge is 0.329 e. The zero-order valence-electron chi connectivity index (χ0n) is 19.5. The predicted molar refractivity (Wildman–Crippen MR) is 128 cm³/mol. The van der Waals surface area contributed by atoms with Crippen molar-refractivity contribution in [1.82, 2.24) is 10.2 Å². The molecule has 0 aliphatic carbocycles. The molecule has 0 saturated carbocycles. The minimum absolute atomic E-state index is 0.0568. The van der Waals surface area contributed by atoms with Crippen LogP contribution in [0.4, 0.5) is 5.69 Å². The number of hydrogen-bond donors (Lipinski definition) is 2. The molecule has 0 aromatic heterocycles. The first-order chi connectivity index (χ1) is 16.3. The number of nitrogens with one attached hydrogen (secondary N) is 2. The molecule has 2 aromatic carbocycles. The first-order valence-corrected chi connectivity index (χ1v) is 11.5. The molecule has 0 spiro atoms. The second-order valence-electron chi connectivity index (χ2n) is 8.68. The second kappa shape index (κ2) is 12.0. The fourth-order valence-electron chi connectivity index (χ4n) is 3.78. The molecule has 1 saturated heterocycles. The van der Waals surface area contributed by atoms with Gasteiger partial charge < -0.3 is 20.3 Å². The molecule has 1 fully saturated rings. The number of ether oxygens (including phenoxy) is 1. The van der Waals surface area contributed by atoms with E-state index in [1.165, 1.54) is 0 Å². The Kier molecular flexibility index (Phi) is 8.79. The maximum atomic E-state index is 12.6. The number of hydrogen-bond acceptors (Lipinski definition) is 5. The molecule has 0 bridgehead atoms. The lowest BCUT2D eigenvalue weighted by Crippen LogP contribution is -2.47. The fourth-order valence-corrected chi connectivity index (χ4v) is 3.78. The van der Waals surface area contributed by atoms with E-state index in [2.05, 4.69) is 10.6 Å². The highest BCUT2D eigenvalue weighted by atomic mass is 16.5. The average molecular weight is 466 g/mol. The van der Waals surface area contributed by atoms with E-state index in [1.54, 1.807) is 49.1 Å².